The lowest BCUT2D eigenvalue weighted by molar-refractivity contribution is -0.115. The monoisotopic (exact) mass is 352 g/mol. The molecule has 1 N–H and O–H groups in total. The SMILES string of the molecule is Cc1c(C(=O)OC(C)C)sc(NC(=O)CC#N)c1C(=O)OC(C)C. The van der Waals surface area contributed by atoms with Gasteiger partial charge in [-0.2, -0.15) is 5.26 Å². The van der Waals surface area contributed by atoms with Crippen LogP contribution in [0.3, 0.4) is 0 Å². The molecule has 0 unspecified atom stereocenters. The summed E-state index contributed by atoms with van der Waals surface area (Å²) in [6.45, 7) is 8.40. The number of carbonyl (C=O) groups excluding carboxylic acids is 3. The average Bonchev–Trinajstić information content (AvgIpc) is 2.74. The summed E-state index contributed by atoms with van der Waals surface area (Å²) in [4.78, 5) is 36.4. The Morgan fingerprint density at radius 3 is 2.17 bits per heavy atom. The molecular formula is C16H20N2O5S. The summed E-state index contributed by atoms with van der Waals surface area (Å²) in [7, 11) is 0. The maximum atomic E-state index is 12.3. The van der Waals surface area contributed by atoms with E-state index >= 15 is 0 Å². The van der Waals surface area contributed by atoms with Gasteiger partial charge in [-0.3, -0.25) is 4.79 Å². The van der Waals surface area contributed by atoms with E-state index in [1.807, 2.05) is 0 Å². The number of rotatable bonds is 6. The number of hydrogen-bond donors (Lipinski definition) is 1. The Labute approximate surface area is 144 Å². The fraction of sp³-hybridized carbons (Fsp3) is 0.500. The first kappa shape index (κ1) is 19.6. The Bertz CT molecular complexity index is 685. The number of esters is 2. The van der Waals surface area contributed by atoms with Crippen LogP contribution in [0.1, 0.15) is 59.7 Å². The molecule has 0 aliphatic carbocycles. The highest BCUT2D eigenvalue weighted by atomic mass is 32.1. The van der Waals surface area contributed by atoms with Crippen molar-refractivity contribution in [1.29, 1.82) is 5.26 Å². The molecule has 1 aromatic heterocycles. The van der Waals surface area contributed by atoms with Gasteiger partial charge in [0.2, 0.25) is 5.91 Å². The van der Waals surface area contributed by atoms with Crippen LogP contribution < -0.4 is 5.32 Å². The topological polar surface area (TPSA) is 105 Å². The third kappa shape index (κ3) is 5.06. The van der Waals surface area contributed by atoms with Gasteiger partial charge in [-0.05, 0) is 40.2 Å². The molecule has 1 rings (SSSR count). The lowest BCUT2D eigenvalue weighted by Crippen LogP contribution is -2.16. The Hall–Kier alpha value is -2.40. The van der Waals surface area contributed by atoms with E-state index in [1.165, 1.54) is 0 Å². The highest BCUT2D eigenvalue weighted by Crippen LogP contribution is 2.34. The molecular weight excluding hydrogens is 332 g/mol. The second kappa shape index (κ2) is 8.45. The van der Waals surface area contributed by atoms with Crippen LogP contribution in [0, 0.1) is 18.3 Å². The van der Waals surface area contributed by atoms with E-state index in [2.05, 4.69) is 5.32 Å². The van der Waals surface area contributed by atoms with Gasteiger partial charge in [-0.15, -0.1) is 11.3 Å². The van der Waals surface area contributed by atoms with E-state index in [1.54, 1.807) is 40.7 Å². The molecule has 8 heteroatoms. The van der Waals surface area contributed by atoms with Crippen molar-refractivity contribution in [2.24, 2.45) is 0 Å². The number of nitrogens with one attached hydrogen (secondary N) is 1. The van der Waals surface area contributed by atoms with Crippen molar-refractivity contribution in [2.45, 2.75) is 53.2 Å². The maximum absolute atomic E-state index is 12.3. The molecule has 130 valence electrons. The normalized spacial score (nSPS) is 10.4. The standard InChI is InChI=1S/C16H20N2O5S/c1-8(2)22-15(20)12-10(5)13(16(21)23-9(3)4)24-14(12)18-11(19)6-7-17/h8-9H,6H2,1-5H3,(H,18,19). The van der Waals surface area contributed by atoms with E-state index < -0.39 is 17.8 Å². The van der Waals surface area contributed by atoms with Gasteiger partial charge in [-0.1, -0.05) is 0 Å². The first-order valence-electron chi connectivity index (χ1n) is 7.39. The molecule has 0 saturated heterocycles. The van der Waals surface area contributed by atoms with Crippen molar-refractivity contribution in [2.75, 3.05) is 5.32 Å². The third-order valence-electron chi connectivity index (χ3n) is 2.71. The molecule has 24 heavy (non-hydrogen) atoms. The van der Waals surface area contributed by atoms with Crippen LogP contribution in [0.15, 0.2) is 0 Å². The van der Waals surface area contributed by atoms with E-state index in [-0.39, 0.29) is 34.1 Å². The van der Waals surface area contributed by atoms with Gasteiger partial charge in [-0.25, -0.2) is 9.59 Å². The van der Waals surface area contributed by atoms with E-state index in [0.29, 0.717) is 5.56 Å². The van der Waals surface area contributed by atoms with Crippen molar-refractivity contribution in [3.05, 3.63) is 16.0 Å². The Morgan fingerprint density at radius 1 is 1.12 bits per heavy atom. The number of thiophene rings is 1. The lowest BCUT2D eigenvalue weighted by Gasteiger charge is -2.10. The van der Waals surface area contributed by atoms with Gasteiger partial charge in [0.25, 0.3) is 0 Å². The Balaban J connectivity index is 3.28. The highest BCUT2D eigenvalue weighted by molar-refractivity contribution is 7.18. The molecule has 1 aromatic rings. The zero-order valence-electron chi connectivity index (χ0n) is 14.3. The molecule has 0 saturated carbocycles. The summed E-state index contributed by atoms with van der Waals surface area (Å²) in [6.07, 6.45) is -1.03. The maximum Gasteiger partial charge on any atom is 0.348 e. The molecule has 0 atom stereocenters. The van der Waals surface area contributed by atoms with Crippen molar-refractivity contribution in [3.63, 3.8) is 0 Å². The van der Waals surface area contributed by atoms with Crippen LogP contribution in [0.5, 0.6) is 0 Å². The van der Waals surface area contributed by atoms with Gasteiger partial charge >= 0.3 is 11.9 Å². The summed E-state index contributed by atoms with van der Waals surface area (Å²) in [5.41, 5.74) is 0.485. The summed E-state index contributed by atoms with van der Waals surface area (Å²) in [6, 6.07) is 1.72. The number of ether oxygens (including phenoxy) is 2. The molecule has 1 heterocycles. The predicted octanol–water partition coefficient (Wildman–Crippen LogP) is 3.04. The minimum atomic E-state index is -0.644. The second-order valence-electron chi connectivity index (χ2n) is 5.55. The van der Waals surface area contributed by atoms with Crippen LogP contribution in [-0.4, -0.2) is 30.1 Å². The fourth-order valence-electron chi connectivity index (χ4n) is 1.83. The van der Waals surface area contributed by atoms with E-state index in [0.717, 1.165) is 11.3 Å². The molecule has 7 nitrogen and oxygen atoms in total. The summed E-state index contributed by atoms with van der Waals surface area (Å²) in [5.74, 6) is -1.79. The minimum absolute atomic E-state index is 0.107. The quantitative estimate of drug-likeness (QED) is 0.789. The van der Waals surface area contributed by atoms with Gasteiger partial charge in [0, 0.05) is 0 Å². The van der Waals surface area contributed by atoms with Gasteiger partial charge < -0.3 is 14.8 Å². The summed E-state index contributed by atoms with van der Waals surface area (Å²) >= 11 is 0.929. The number of nitrogens with zero attached hydrogens (tertiary/aromatic N) is 1. The Kier molecular flexibility index (Phi) is 6.92. The van der Waals surface area contributed by atoms with Crippen LogP contribution in [-0.2, 0) is 14.3 Å². The number of nitriles is 1. The first-order valence-corrected chi connectivity index (χ1v) is 8.21. The molecule has 0 aromatic carbocycles. The van der Waals surface area contributed by atoms with Crippen LogP contribution in [0.2, 0.25) is 0 Å². The Morgan fingerprint density at radius 2 is 1.67 bits per heavy atom. The minimum Gasteiger partial charge on any atom is -0.459 e. The predicted molar refractivity (Wildman–Crippen MR) is 89.0 cm³/mol. The average molecular weight is 352 g/mol. The number of hydrogen-bond acceptors (Lipinski definition) is 7. The van der Waals surface area contributed by atoms with E-state index in [4.69, 9.17) is 14.7 Å². The van der Waals surface area contributed by atoms with Gasteiger partial charge in [0.05, 0.1) is 23.8 Å². The fourth-order valence-corrected chi connectivity index (χ4v) is 2.92. The van der Waals surface area contributed by atoms with Gasteiger partial charge in [0.15, 0.2) is 0 Å². The van der Waals surface area contributed by atoms with Gasteiger partial charge in [0.1, 0.15) is 16.3 Å². The van der Waals surface area contributed by atoms with Crippen molar-refractivity contribution < 1.29 is 23.9 Å². The molecule has 1 amide bonds. The highest BCUT2D eigenvalue weighted by Gasteiger charge is 2.28. The molecule has 0 fully saturated rings. The number of anilines is 1. The van der Waals surface area contributed by atoms with Crippen molar-refractivity contribution >= 4 is 34.2 Å². The van der Waals surface area contributed by atoms with Crippen LogP contribution in [0.4, 0.5) is 5.00 Å². The first-order chi connectivity index (χ1) is 11.2. The molecule has 0 spiro atoms. The van der Waals surface area contributed by atoms with E-state index in [9.17, 15) is 14.4 Å². The largest absolute Gasteiger partial charge is 0.459 e. The number of carbonyl (C=O) groups is 3. The molecule has 0 aliphatic heterocycles. The number of amides is 1. The zero-order valence-corrected chi connectivity index (χ0v) is 15.1. The van der Waals surface area contributed by atoms with Crippen molar-refractivity contribution in [1.82, 2.24) is 0 Å². The second-order valence-corrected chi connectivity index (χ2v) is 6.57. The third-order valence-corrected chi connectivity index (χ3v) is 3.90. The van der Waals surface area contributed by atoms with Crippen LogP contribution in [0.25, 0.3) is 0 Å². The summed E-state index contributed by atoms with van der Waals surface area (Å²) in [5, 5.41) is 11.2. The van der Waals surface area contributed by atoms with Crippen molar-refractivity contribution in [3.8, 4) is 6.07 Å². The smallest absolute Gasteiger partial charge is 0.348 e. The molecule has 0 bridgehead atoms. The molecule has 0 aliphatic rings. The molecule has 0 radical (unpaired) electrons. The van der Waals surface area contributed by atoms with Crippen LogP contribution >= 0.6 is 11.3 Å². The lowest BCUT2D eigenvalue weighted by atomic mass is 10.1. The summed E-state index contributed by atoms with van der Waals surface area (Å²) < 4.78 is 10.3. The zero-order chi connectivity index (χ0) is 18.4.